The zero-order chi connectivity index (χ0) is 17.6. The van der Waals surface area contributed by atoms with E-state index in [-0.39, 0.29) is 18.4 Å². The summed E-state index contributed by atoms with van der Waals surface area (Å²) in [5.41, 5.74) is 1.07. The third kappa shape index (κ3) is 3.94. The summed E-state index contributed by atoms with van der Waals surface area (Å²) in [5.74, 6) is 1.64. The van der Waals surface area contributed by atoms with Crippen LogP contribution in [0.4, 0.5) is 5.69 Å². The number of nitrogens with one attached hydrogen (secondary N) is 2. The lowest BCUT2D eigenvalue weighted by atomic mass is 10.1. The van der Waals surface area contributed by atoms with Crippen LogP contribution in [0.2, 0.25) is 0 Å². The van der Waals surface area contributed by atoms with Gasteiger partial charge >= 0.3 is 0 Å². The van der Waals surface area contributed by atoms with Gasteiger partial charge in [-0.05, 0) is 23.6 Å². The highest BCUT2D eigenvalue weighted by Crippen LogP contribution is 2.28. The molecule has 0 aliphatic rings. The first-order chi connectivity index (χ1) is 12.2. The first-order valence-electron chi connectivity index (χ1n) is 7.30. The normalized spacial score (nSPS) is 10.0. The van der Waals surface area contributed by atoms with E-state index in [0.717, 1.165) is 9.88 Å². The number of hydrogen-bond donors (Lipinski definition) is 2. The van der Waals surface area contributed by atoms with Gasteiger partial charge in [-0.2, -0.15) is 0 Å². The van der Waals surface area contributed by atoms with Crippen LogP contribution in [0.1, 0.15) is 20.8 Å². The Morgan fingerprint density at radius 1 is 1.12 bits per heavy atom. The van der Waals surface area contributed by atoms with Crippen LogP contribution in [0.5, 0.6) is 0 Å². The Labute approximate surface area is 152 Å². The molecule has 0 bridgehead atoms. The zero-order valence-corrected chi connectivity index (χ0v) is 14.6. The number of terminal acetylenes is 1. The van der Waals surface area contributed by atoms with Crippen LogP contribution in [-0.2, 0) is 0 Å². The van der Waals surface area contributed by atoms with Crippen molar-refractivity contribution in [2.75, 3.05) is 11.9 Å². The van der Waals surface area contributed by atoms with Crippen molar-refractivity contribution in [3.05, 3.63) is 58.4 Å². The SMILES string of the molecule is C#CCNC(=O)c1ccccc1NC(=O)c1csc(-c2cccs2)n1. The second-order valence-electron chi connectivity index (χ2n) is 4.90. The number of rotatable bonds is 5. The number of thiophene rings is 1. The summed E-state index contributed by atoms with van der Waals surface area (Å²) in [7, 11) is 0. The summed E-state index contributed by atoms with van der Waals surface area (Å²) in [5, 5.41) is 9.78. The van der Waals surface area contributed by atoms with Gasteiger partial charge in [0.1, 0.15) is 10.7 Å². The molecule has 0 aliphatic carbocycles. The average molecular weight is 367 g/mol. The van der Waals surface area contributed by atoms with Gasteiger partial charge in [0.2, 0.25) is 0 Å². The Balaban J connectivity index is 1.78. The number of nitrogens with zero attached hydrogens (tertiary/aromatic N) is 1. The van der Waals surface area contributed by atoms with Gasteiger partial charge in [-0.25, -0.2) is 4.98 Å². The number of aromatic nitrogens is 1. The fraction of sp³-hybridized carbons (Fsp3) is 0.0556. The van der Waals surface area contributed by atoms with E-state index in [1.165, 1.54) is 11.3 Å². The van der Waals surface area contributed by atoms with Crippen molar-refractivity contribution in [2.24, 2.45) is 0 Å². The predicted octanol–water partition coefficient (Wildman–Crippen LogP) is 3.49. The maximum absolute atomic E-state index is 12.5. The highest BCUT2D eigenvalue weighted by Gasteiger charge is 2.16. The molecule has 0 aliphatic heterocycles. The lowest BCUT2D eigenvalue weighted by Gasteiger charge is -2.09. The quantitative estimate of drug-likeness (QED) is 0.678. The van der Waals surface area contributed by atoms with E-state index >= 15 is 0 Å². The molecule has 124 valence electrons. The van der Waals surface area contributed by atoms with E-state index < -0.39 is 0 Å². The lowest BCUT2D eigenvalue weighted by Crippen LogP contribution is -2.25. The minimum absolute atomic E-state index is 0.122. The van der Waals surface area contributed by atoms with Crippen molar-refractivity contribution in [3.63, 3.8) is 0 Å². The maximum Gasteiger partial charge on any atom is 0.275 e. The molecule has 0 spiro atoms. The molecule has 1 aromatic carbocycles. The van der Waals surface area contributed by atoms with Gasteiger partial charge in [-0.15, -0.1) is 29.1 Å². The summed E-state index contributed by atoms with van der Waals surface area (Å²) in [4.78, 5) is 30.0. The van der Waals surface area contributed by atoms with Crippen molar-refractivity contribution < 1.29 is 9.59 Å². The van der Waals surface area contributed by atoms with Gasteiger partial charge in [-0.1, -0.05) is 24.1 Å². The summed E-state index contributed by atoms with van der Waals surface area (Å²) < 4.78 is 0. The molecular formula is C18H13N3O2S2. The number of carbonyl (C=O) groups excluding carboxylic acids is 2. The van der Waals surface area contributed by atoms with Gasteiger partial charge in [0.25, 0.3) is 11.8 Å². The molecule has 0 fully saturated rings. The Kier molecular flexibility index (Phi) is 5.23. The second-order valence-corrected chi connectivity index (χ2v) is 6.71. The molecule has 0 radical (unpaired) electrons. The molecule has 3 rings (SSSR count). The minimum atomic E-state index is -0.365. The van der Waals surface area contributed by atoms with Gasteiger partial charge in [0.05, 0.1) is 22.7 Å². The highest BCUT2D eigenvalue weighted by atomic mass is 32.1. The summed E-state index contributed by atoms with van der Waals surface area (Å²) >= 11 is 2.97. The van der Waals surface area contributed by atoms with Crippen molar-refractivity contribution >= 4 is 40.2 Å². The van der Waals surface area contributed by atoms with E-state index in [1.807, 2.05) is 17.5 Å². The van der Waals surface area contributed by atoms with Crippen LogP contribution in [0.3, 0.4) is 0 Å². The molecule has 7 heteroatoms. The molecule has 0 saturated heterocycles. The highest BCUT2D eigenvalue weighted by molar-refractivity contribution is 7.20. The van der Waals surface area contributed by atoms with E-state index in [1.54, 1.807) is 41.0 Å². The fourth-order valence-electron chi connectivity index (χ4n) is 2.09. The summed E-state index contributed by atoms with van der Waals surface area (Å²) in [6.45, 7) is 0.122. The Morgan fingerprint density at radius 3 is 2.72 bits per heavy atom. The first-order valence-corrected chi connectivity index (χ1v) is 9.06. The van der Waals surface area contributed by atoms with Crippen molar-refractivity contribution in [2.45, 2.75) is 0 Å². The fourth-order valence-corrected chi connectivity index (χ4v) is 3.71. The lowest BCUT2D eigenvalue weighted by molar-refractivity contribution is 0.0959. The monoisotopic (exact) mass is 367 g/mol. The van der Waals surface area contributed by atoms with Crippen LogP contribution in [0.15, 0.2) is 47.2 Å². The molecule has 2 N–H and O–H groups in total. The molecule has 25 heavy (non-hydrogen) atoms. The standard InChI is InChI=1S/C18H13N3O2S2/c1-2-9-19-16(22)12-6-3-4-7-13(12)20-17(23)14-11-25-18(21-14)15-8-5-10-24-15/h1,3-8,10-11H,9H2,(H,19,22)(H,20,23). The van der Waals surface area contributed by atoms with Crippen LogP contribution in [0, 0.1) is 12.3 Å². The smallest absolute Gasteiger partial charge is 0.275 e. The summed E-state index contributed by atoms with van der Waals surface area (Å²) in [6.07, 6.45) is 5.15. The largest absolute Gasteiger partial charge is 0.341 e. The van der Waals surface area contributed by atoms with Crippen LogP contribution < -0.4 is 10.6 Å². The van der Waals surface area contributed by atoms with Crippen LogP contribution >= 0.6 is 22.7 Å². The molecule has 0 saturated carbocycles. The van der Waals surface area contributed by atoms with Crippen molar-refractivity contribution in [1.29, 1.82) is 0 Å². The number of para-hydroxylation sites is 1. The summed E-state index contributed by atoms with van der Waals surface area (Å²) in [6, 6.07) is 10.6. The number of thiazole rings is 1. The number of hydrogen-bond acceptors (Lipinski definition) is 5. The Morgan fingerprint density at radius 2 is 1.96 bits per heavy atom. The average Bonchev–Trinajstić information content (AvgIpc) is 3.31. The van der Waals surface area contributed by atoms with Gasteiger partial charge < -0.3 is 10.6 Å². The molecule has 5 nitrogen and oxygen atoms in total. The van der Waals surface area contributed by atoms with E-state index in [9.17, 15) is 9.59 Å². The number of amides is 2. The number of carbonyl (C=O) groups is 2. The molecule has 2 aromatic heterocycles. The van der Waals surface area contributed by atoms with Gasteiger partial charge in [-0.3, -0.25) is 9.59 Å². The maximum atomic E-state index is 12.5. The van der Waals surface area contributed by atoms with E-state index in [2.05, 4.69) is 21.5 Å². The van der Waals surface area contributed by atoms with E-state index in [0.29, 0.717) is 16.9 Å². The van der Waals surface area contributed by atoms with Crippen LogP contribution in [0.25, 0.3) is 9.88 Å². The predicted molar refractivity (Wildman–Crippen MR) is 101 cm³/mol. The third-order valence-corrected chi connectivity index (χ3v) is 5.12. The van der Waals surface area contributed by atoms with Crippen molar-refractivity contribution in [1.82, 2.24) is 10.3 Å². The van der Waals surface area contributed by atoms with Gasteiger partial charge in [0.15, 0.2) is 0 Å². The second kappa shape index (κ2) is 7.75. The topological polar surface area (TPSA) is 71.1 Å². The third-order valence-electron chi connectivity index (χ3n) is 3.24. The van der Waals surface area contributed by atoms with E-state index in [4.69, 9.17) is 6.42 Å². The molecule has 0 atom stereocenters. The Bertz CT molecular complexity index is 939. The van der Waals surface area contributed by atoms with Crippen LogP contribution in [-0.4, -0.2) is 23.3 Å². The first kappa shape index (κ1) is 16.9. The molecule has 2 amide bonds. The van der Waals surface area contributed by atoms with Crippen molar-refractivity contribution in [3.8, 4) is 22.2 Å². The van der Waals surface area contributed by atoms with Gasteiger partial charge in [0, 0.05) is 5.38 Å². The Hall–Kier alpha value is -2.95. The molecule has 3 aromatic rings. The molecular weight excluding hydrogens is 354 g/mol. The molecule has 2 heterocycles. The zero-order valence-electron chi connectivity index (χ0n) is 13.0. The number of benzene rings is 1. The number of anilines is 1. The minimum Gasteiger partial charge on any atom is -0.341 e. The molecule has 0 unspecified atom stereocenters.